The van der Waals surface area contributed by atoms with Gasteiger partial charge in [0.1, 0.15) is 6.61 Å². The minimum atomic E-state index is 0.0634. The van der Waals surface area contributed by atoms with Gasteiger partial charge in [0, 0.05) is 30.5 Å². The summed E-state index contributed by atoms with van der Waals surface area (Å²) in [4.78, 5) is 16.2. The first kappa shape index (κ1) is 20.1. The maximum Gasteiger partial charge on any atom is 0.234 e. The number of hydrogen-bond acceptors (Lipinski definition) is 5. The van der Waals surface area contributed by atoms with Crippen molar-refractivity contribution in [3.05, 3.63) is 53.9 Å². The lowest BCUT2D eigenvalue weighted by Gasteiger charge is -2.22. The van der Waals surface area contributed by atoms with E-state index in [1.54, 1.807) is 19.5 Å². The molecule has 28 heavy (non-hydrogen) atoms. The Labute approximate surface area is 166 Å². The normalized spacial score (nSPS) is 14.5. The van der Waals surface area contributed by atoms with Crippen LogP contribution in [0.2, 0.25) is 0 Å². The lowest BCUT2D eigenvalue weighted by molar-refractivity contribution is -0.121. The molecule has 1 heterocycles. The van der Waals surface area contributed by atoms with Gasteiger partial charge in [-0.05, 0) is 36.6 Å². The van der Waals surface area contributed by atoms with Crippen LogP contribution in [-0.2, 0) is 17.9 Å². The number of carbonyl (C=O) groups is 1. The summed E-state index contributed by atoms with van der Waals surface area (Å²) >= 11 is 0. The first-order valence-electron chi connectivity index (χ1n) is 9.93. The zero-order valence-electron chi connectivity index (χ0n) is 16.4. The second kappa shape index (κ2) is 10.7. The van der Waals surface area contributed by atoms with Gasteiger partial charge in [-0.15, -0.1) is 0 Å². The van der Waals surface area contributed by atoms with Crippen LogP contribution in [0.15, 0.2) is 42.7 Å². The Morgan fingerprint density at radius 3 is 2.75 bits per heavy atom. The third-order valence-electron chi connectivity index (χ3n) is 4.93. The molecule has 0 atom stereocenters. The summed E-state index contributed by atoms with van der Waals surface area (Å²) in [6, 6.07) is 10.0. The van der Waals surface area contributed by atoms with Crippen molar-refractivity contribution < 1.29 is 14.3 Å². The standard InChI is InChI=1S/C22H29N3O3/c1-27-20-10-9-17(12-21(20)28-16-18-6-5-11-23-14-18)13-24-15-22(26)25-19-7-3-2-4-8-19/h5-6,9-12,14,19,24H,2-4,7-8,13,15-16H2,1H3,(H,25,26). The largest absolute Gasteiger partial charge is 0.493 e. The molecule has 6 heteroatoms. The van der Waals surface area contributed by atoms with E-state index >= 15 is 0 Å². The summed E-state index contributed by atoms with van der Waals surface area (Å²) < 4.78 is 11.3. The van der Waals surface area contributed by atoms with Crippen LogP contribution < -0.4 is 20.1 Å². The number of nitrogens with one attached hydrogen (secondary N) is 2. The number of hydrogen-bond donors (Lipinski definition) is 2. The van der Waals surface area contributed by atoms with E-state index < -0.39 is 0 Å². The molecular formula is C22H29N3O3. The van der Waals surface area contributed by atoms with Gasteiger partial charge in [-0.3, -0.25) is 9.78 Å². The lowest BCUT2D eigenvalue weighted by atomic mass is 9.95. The number of methoxy groups -OCH3 is 1. The van der Waals surface area contributed by atoms with Crippen molar-refractivity contribution >= 4 is 5.91 Å². The third kappa shape index (κ3) is 6.23. The van der Waals surface area contributed by atoms with E-state index in [1.165, 1.54) is 19.3 Å². The van der Waals surface area contributed by atoms with E-state index in [1.807, 2.05) is 30.3 Å². The van der Waals surface area contributed by atoms with Crippen LogP contribution in [-0.4, -0.2) is 30.6 Å². The molecular weight excluding hydrogens is 354 g/mol. The highest BCUT2D eigenvalue weighted by atomic mass is 16.5. The first-order chi connectivity index (χ1) is 13.7. The predicted molar refractivity (Wildman–Crippen MR) is 108 cm³/mol. The zero-order valence-corrected chi connectivity index (χ0v) is 16.4. The number of rotatable bonds is 9. The van der Waals surface area contributed by atoms with Crippen molar-refractivity contribution in [1.82, 2.24) is 15.6 Å². The van der Waals surface area contributed by atoms with Crippen LogP contribution >= 0.6 is 0 Å². The Morgan fingerprint density at radius 1 is 1.14 bits per heavy atom. The summed E-state index contributed by atoms with van der Waals surface area (Å²) in [5.74, 6) is 1.42. The van der Waals surface area contributed by atoms with Crippen LogP contribution in [0.1, 0.15) is 43.2 Å². The highest BCUT2D eigenvalue weighted by Crippen LogP contribution is 2.28. The van der Waals surface area contributed by atoms with Gasteiger partial charge in [0.25, 0.3) is 0 Å². The fourth-order valence-corrected chi connectivity index (χ4v) is 3.43. The molecule has 1 saturated carbocycles. The van der Waals surface area contributed by atoms with Crippen LogP contribution in [0.3, 0.4) is 0 Å². The highest BCUT2D eigenvalue weighted by molar-refractivity contribution is 5.78. The first-order valence-corrected chi connectivity index (χ1v) is 9.93. The van der Waals surface area contributed by atoms with E-state index in [4.69, 9.17) is 9.47 Å². The fraction of sp³-hybridized carbons (Fsp3) is 0.455. The Kier molecular flexibility index (Phi) is 7.67. The number of ether oxygens (including phenoxy) is 2. The van der Waals surface area contributed by atoms with Gasteiger partial charge in [-0.25, -0.2) is 0 Å². The molecule has 2 N–H and O–H groups in total. The minimum Gasteiger partial charge on any atom is -0.493 e. The number of benzene rings is 1. The second-order valence-corrected chi connectivity index (χ2v) is 7.14. The second-order valence-electron chi connectivity index (χ2n) is 7.14. The van der Waals surface area contributed by atoms with E-state index in [0.717, 1.165) is 24.0 Å². The molecule has 1 amide bonds. The van der Waals surface area contributed by atoms with E-state index in [9.17, 15) is 4.79 Å². The van der Waals surface area contributed by atoms with Crippen molar-refractivity contribution in [2.75, 3.05) is 13.7 Å². The Bertz CT molecular complexity index is 746. The quantitative estimate of drug-likeness (QED) is 0.696. The van der Waals surface area contributed by atoms with Gasteiger partial charge in [0.2, 0.25) is 5.91 Å². The van der Waals surface area contributed by atoms with E-state index in [0.29, 0.717) is 37.2 Å². The number of pyridine rings is 1. The maximum absolute atomic E-state index is 12.1. The molecule has 0 spiro atoms. The highest BCUT2D eigenvalue weighted by Gasteiger charge is 2.15. The fourth-order valence-electron chi connectivity index (χ4n) is 3.43. The van der Waals surface area contributed by atoms with Crippen molar-refractivity contribution in [2.24, 2.45) is 0 Å². The maximum atomic E-state index is 12.1. The Morgan fingerprint density at radius 2 is 2.00 bits per heavy atom. The van der Waals surface area contributed by atoms with Gasteiger partial charge in [0.05, 0.1) is 13.7 Å². The number of carbonyl (C=O) groups excluding carboxylic acids is 1. The predicted octanol–water partition coefficient (Wildman–Crippen LogP) is 3.21. The van der Waals surface area contributed by atoms with E-state index in [2.05, 4.69) is 15.6 Å². The Balaban J connectivity index is 1.48. The van der Waals surface area contributed by atoms with Crippen LogP contribution in [0, 0.1) is 0 Å². The summed E-state index contributed by atoms with van der Waals surface area (Å²) in [7, 11) is 1.62. The lowest BCUT2D eigenvalue weighted by Crippen LogP contribution is -2.41. The average Bonchev–Trinajstić information content (AvgIpc) is 2.74. The molecule has 0 saturated heterocycles. The van der Waals surface area contributed by atoms with Gasteiger partial charge in [-0.2, -0.15) is 0 Å². The van der Waals surface area contributed by atoms with Gasteiger partial charge in [0.15, 0.2) is 11.5 Å². The van der Waals surface area contributed by atoms with Crippen LogP contribution in [0.4, 0.5) is 0 Å². The summed E-state index contributed by atoms with van der Waals surface area (Å²) in [6.45, 7) is 1.32. The smallest absolute Gasteiger partial charge is 0.234 e. The average molecular weight is 383 g/mol. The SMILES string of the molecule is COc1ccc(CNCC(=O)NC2CCCCC2)cc1OCc1cccnc1. The molecule has 6 nitrogen and oxygen atoms in total. The van der Waals surface area contributed by atoms with Crippen LogP contribution in [0.5, 0.6) is 11.5 Å². The molecule has 1 aromatic heterocycles. The van der Waals surface area contributed by atoms with Gasteiger partial charge >= 0.3 is 0 Å². The van der Waals surface area contributed by atoms with Crippen molar-refractivity contribution in [3.8, 4) is 11.5 Å². The summed E-state index contributed by atoms with van der Waals surface area (Å²) in [6.07, 6.45) is 9.43. The third-order valence-corrected chi connectivity index (χ3v) is 4.93. The summed E-state index contributed by atoms with van der Waals surface area (Å²) in [5, 5.41) is 6.33. The molecule has 3 rings (SSSR count). The van der Waals surface area contributed by atoms with Crippen LogP contribution in [0.25, 0.3) is 0 Å². The molecule has 0 aliphatic heterocycles. The molecule has 0 unspecified atom stereocenters. The van der Waals surface area contributed by atoms with Crippen molar-refractivity contribution in [2.45, 2.75) is 51.3 Å². The van der Waals surface area contributed by atoms with Crippen molar-refractivity contribution in [3.63, 3.8) is 0 Å². The molecule has 0 bridgehead atoms. The summed E-state index contributed by atoms with van der Waals surface area (Å²) in [5.41, 5.74) is 2.03. The zero-order chi connectivity index (χ0) is 19.6. The van der Waals surface area contributed by atoms with Gasteiger partial charge in [-0.1, -0.05) is 31.4 Å². The molecule has 1 aliphatic carbocycles. The number of amides is 1. The molecule has 1 fully saturated rings. The number of aromatic nitrogens is 1. The van der Waals surface area contributed by atoms with Crippen molar-refractivity contribution in [1.29, 1.82) is 0 Å². The Hall–Kier alpha value is -2.60. The molecule has 1 aliphatic rings. The minimum absolute atomic E-state index is 0.0634. The molecule has 0 radical (unpaired) electrons. The molecule has 2 aromatic rings. The topological polar surface area (TPSA) is 72.5 Å². The van der Waals surface area contributed by atoms with E-state index in [-0.39, 0.29) is 5.91 Å². The number of nitrogens with zero attached hydrogens (tertiary/aromatic N) is 1. The molecule has 150 valence electrons. The monoisotopic (exact) mass is 383 g/mol. The molecule has 1 aromatic carbocycles. The van der Waals surface area contributed by atoms with Gasteiger partial charge < -0.3 is 20.1 Å².